The predicted molar refractivity (Wildman–Crippen MR) is 129 cm³/mol. The zero-order valence-electron chi connectivity index (χ0n) is 19.4. The second-order valence-corrected chi connectivity index (χ2v) is 9.59. The van der Waals surface area contributed by atoms with Gasteiger partial charge in [0.1, 0.15) is 17.3 Å². The van der Waals surface area contributed by atoms with Gasteiger partial charge in [-0.2, -0.15) is 0 Å². The molecule has 2 aliphatic heterocycles. The van der Waals surface area contributed by atoms with E-state index >= 15 is 0 Å². The van der Waals surface area contributed by atoms with Crippen LogP contribution in [0.2, 0.25) is 0 Å². The molecule has 1 aromatic heterocycles. The van der Waals surface area contributed by atoms with Gasteiger partial charge in [0, 0.05) is 31.9 Å². The van der Waals surface area contributed by atoms with Crippen molar-refractivity contribution in [2.75, 3.05) is 56.2 Å². The first-order valence-corrected chi connectivity index (χ1v) is 12.6. The SMILES string of the molecule is CCOC(=O)C1CCN(c2ncnc(Nc3ccc(S(=O)N4CCOCC4)cc3)c2[N+](=O)[O-])CC1. The van der Waals surface area contributed by atoms with E-state index in [2.05, 4.69) is 15.3 Å². The lowest BCUT2D eigenvalue weighted by atomic mass is 9.97. The van der Waals surface area contributed by atoms with Gasteiger partial charge >= 0.3 is 11.7 Å². The van der Waals surface area contributed by atoms with E-state index in [1.807, 2.05) is 4.31 Å². The van der Waals surface area contributed by atoms with Gasteiger partial charge in [0.05, 0.1) is 35.6 Å². The molecular weight excluding hydrogens is 476 g/mol. The quantitative estimate of drug-likeness (QED) is 0.323. The number of hydrogen-bond donors (Lipinski definition) is 1. The number of nitrogens with zero attached hydrogens (tertiary/aromatic N) is 5. The van der Waals surface area contributed by atoms with Crippen LogP contribution in [0.4, 0.5) is 23.0 Å². The Balaban J connectivity index is 1.48. The molecule has 0 aliphatic carbocycles. The Morgan fingerprint density at radius 1 is 1.20 bits per heavy atom. The second kappa shape index (κ2) is 11.5. The third kappa shape index (κ3) is 5.92. The van der Waals surface area contributed by atoms with Gasteiger partial charge in [-0.3, -0.25) is 14.9 Å². The first-order chi connectivity index (χ1) is 17.0. The highest BCUT2D eigenvalue weighted by molar-refractivity contribution is 7.82. The highest BCUT2D eigenvalue weighted by Gasteiger charge is 2.32. The van der Waals surface area contributed by atoms with Crippen molar-refractivity contribution in [2.45, 2.75) is 24.7 Å². The summed E-state index contributed by atoms with van der Waals surface area (Å²) in [7, 11) is -1.30. The van der Waals surface area contributed by atoms with Crippen LogP contribution >= 0.6 is 0 Å². The maximum absolute atomic E-state index is 12.8. The summed E-state index contributed by atoms with van der Waals surface area (Å²) in [5.74, 6) is -0.176. The van der Waals surface area contributed by atoms with Gasteiger partial charge in [0.25, 0.3) is 0 Å². The molecule has 0 bridgehead atoms. The van der Waals surface area contributed by atoms with Crippen LogP contribution in [0.15, 0.2) is 35.5 Å². The van der Waals surface area contributed by atoms with E-state index in [1.165, 1.54) is 6.33 Å². The summed E-state index contributed by atoms with van der Waals surface area (Å²) in [6, 6.07) is 6.87. The zero-order valence-corrected chi connectivity index (χ0v) is 20.2. The largest absolute Gasteiger partial charge is 0.466 e. The summed E-state index contributed by atoms with van der Waals surface area (Å²) in [5, 5.41) is 15.0. The first kappa shape index (κ1) is 24.9. The summed E-state index contributed by atoms with van der Waals surface area (Å²) < 4.78 is 25.0. The minimum Gasteiger partial charge on any atom is -0.466 e. The van der Waals surface area contributed by atoms with Crippen molar-refractivity contribution >= 4 is 40.0 Å². The average Bonchev–Trinajstić information content (AvgIpc) is 2.89. The minimum atomic E-state index is -1.30. The van der Waals surface area contributed by atoms with Crippen LogP contribution in [0.25, 0.3) is 0 Å². The fourth-order valence-electron chi connectivity index (χ4n) is 4.10. The van der Waals surface area contributed by atoms with Crippen LogP contribution < -0.4 is 10.2 Å². The normalized spacial score (nSPS) is 18.1. The molecule has 188 valence electrons. The number of carbonyl (C=O) groups is 1. The molecule has 13 heteroatoms. The Hall–Kier alpha value is -3.16. The molecule has 0 saturated carbocycles. The Kier molecular flexibility index (Phi) is 8.21. The first-order valence-electron chi connectivity index (χ1n) is 11.5. The van der Waals surface area contributed by atoms with Gasteiger partial charge in [-0.1, -0.05) is 0 Å². The number of ether oxygens (including phenoxy) is 2. The fourth-order valence-corrected chi connectivity index (χ4v) is 5.25. The van der Waals surface area contributed by atoms with Gasteiger partial charge in [0.15, 0.2) is 0 Å². The Morgan fingerprint density at radius 2 is 1.89 bits per heavy atom. The van der Waals surface area contributed by atoms with Gasteiger partial charge in [0.2, 0.25) is 11.6 Å². The molecule has 0 radical (unpaired) electrons. The van der Waals surface area contributed by atoms with E-state index in [-0.39, 0.29) is 29.2 Å². The minimum absolute atomic E-state index is 0.0644. The molecule has 2 aliphatic rings. The van der Waals surface area contributed by atoms with Gasteiger partial charge in [-0.15, -0.1) is 0 Å². The van der Waals surface area contributed by atoms with E-state index in [1.54, 1.807) is 36.1 Å². The lowest BCUT2D eigenvalue weighted by Gasteiger charge is -2.31. The molecule has 35 heavy (non-hydrogen) atoms. The molecule has 12 nitrogen and oxygen atoms in total. The molecule has 0 amide bonds. The molecule has 3 heterocycles. The van der Waals surface area contributed by atoms with E-state index in [0.29, 0.717) is 69.4 Å². The summed E-state index contributed by atoms with van der Waals surface area (Å²) in [4.78, 5) is 34.2. The molecule has 1 aromatic carbocycles. The van der Waals surface area contributed by atoms with Crippen molar-refractivity contribution in [1.82, 2.24) is 14.3 Å². The van der Waals surface area contributed by atoms with Crippen LogP contribution in [0.3, 0.4) is 0 Å². The highest BCUT2D eigenvalue weighted by atomic mass is 32.2. The lowest BCUT2D eigenvalue weighted by molar-refractivity contribution is -0.383. The molecule has 1 atom stereocenters. The molecule has 1 unspecified atom stereocenters. The molecule has 2 fully saturated rings. The number of anilines is 3. The maximum Gasteiger partial charge on any atom is 0.353 e. The summed E-state index contributed by atoms with van der Waals surface area (Å²) in [5.41, 5.74) is 0.338. The van der Waals surface area contributed by atoms with Crippen LogP contribution in [0.5, 0.6) is 0 Å². The van der Waals surface area contributed by atoms with E-state index in [9.17, 15) is 19.1 Å². The highest BCUT2D eigenvalue weighted by Crippen LogP contribution is 2.35. The average molecular weight is 505 g/mol. The Labute approximate surface area is 205 Å². The van der Waals surface area contributed by atoms with Crippen molar-refractivity contribution in [1.29, 1.82) is 0 Å². The van der Waals surface area contributed by atoms with Crippen LogP contribution in [0, 0.1) is 16.0 Å². The van der Waals surface area contributed by atoms with E-state index in [4.69, 9.17) is 9.47 Å². The smallest absolute Gasteiger partial charge is 0.353 e. The van der Waals surface area contributed by atoms with Crippen molar-refractivity contribution < 1.29 is 23.4 Å². The molecule has 0 spiro atoms. The van der Waals surface area contributed by atoms with Gasteiger partial charge in [-0.25, -0.2) is 18.5 Å². The fraction of sp³-hybridized carbons (Fsp3) is 0.500. The topological polar surface area (TPSA) is 140 Å². The molecule has 1 N–H and O–H groups in total. The van der Waals surface area contributed by atoms with Crippen LogP contribution in [-0.4, -0.2) is 75.4 Å². The molecule has 4 rings (SSSR count). The molecule has 2 saturated heterocycles. The number of carbonyl (C=O) groups excluding carboxylic acids is 1. The second-order valence-electron chi connectivity index (χ2n) is 8.10. The summed E-state index contributed by atoms with van der Waals surface area (Å²) in [6.07, 6.45) is 2.35. The van der Waals surface area contributed by atoms with E-state index in [0.717, 1.165) is 0 Å². The summed E-state index contributed by atoms with van der Waals surface area (Å²) in [6.45, 7) is 5.28. The third-order valence-corrected chi connectivity index (χ3v) is 7.43. The lowest BCUT2D eigenvalue weighted by Crippen LogP contribution is -2.37. The maximum atomic E-state index is 12.8. The van der Waals surface area contributed by atoms with Gasteiger partial charge in [-0.05, 0) is 44.0 Å². The van der Waals surface area contributed by atoms with Crippen molar-refractivity contribution in [2.24, 2.45) is 5.92 Å². The number of nitrogens with one attached hydrogen (secondary N) is 1. The number of hydrogen-bond acceptors (Lipinski definition) is 10. The monoisotopic (exact) mass is 504 g/mol. The predicted octanol–water partition coefficient (Wildman–Crippen LogP) is 2.26. The van der Waals surface area contributed by atoms with Crippen molar-refractivity contribution in [3.8, 4) is 0 Å². The number of aromatic nitrogens is 2. The van der Waals surface area contributed by atoms with Crippen LogP contribution in [0.1, 0.15) is 19.8 Å². The standard InChI is InChI=1S/C22H28N6O6S/c1-2-34-22(29)16-7-9-26(10-8-16)21-19(28(30)31)20(23-15-24-21)25-17-3-5-18(6-4-17)35(32)27-11-13-33-14-12-27/h3-6,15-16H,2,7-14H2,1H3,(H,23,24,25). The number of piperidine rings is 1. The van der Waals surface area contributed by atoms with Crippen molar-refractivity contribution in [3.05, 3.63) is 40.7 Å². The zero-order chi connectivity index (χ0) is 24.8. The Bertz CT molecular complexity index is 1070. The summed E-state index contributed by atoms with van der Waals surface area (Å²) >= 11 is 0. The number of esters is 1. The number of benzene rings is 1. The number of nitro groups is 1. The van der Waals surface area contributed by atoms with E-state index < -0.39 is 15.9 Å². The molecular formula is C22H28N6O6S. The Morgan fingerprint density at radius 3 is 2.51 bits per heavy atom. The number of rotatable bonds is 8. The van der Waals surface area contributed by atoms with Gasteiger partial charge < -0.3 is 19.7 Å². The van der Waals surface area contributed by atoms with Crippen molar-refractivity contribution in [3.63, 3.8) is 0 Å². The number of morpholine rings is 1. The molecule has 2 aromatic rings. The van der Waals surface area contributed by atoms with Crippen LogP contribution in [-0.2, 0) is 25.3 Å². The third-order valence-electron chi connectivity index (χ3n) is 5.92.